The van der Waals surface area contributed by atoms with Gasteiger partial charge in [-0.1, -0.05) is 69.0 Å². The summed E-state index contributed by atoms with van der Waals surface area (Å²) < 4.78 is 13.0. The molecule has 0 bridgehead atoms. The maximum atomic E-state index is 12.1. The van der Waals surface area contributed by atoms with Crippen LogP contribution in [0.3, 0.4) is 0 Å². The van der Waals surface area contributed by atoms with Crippen LogP contribution in [0, 0.1) is 0 Å². The van der Waals surface area contributed by atoms with Crippen LogP contribution in [0.25, 0.3) is 22.0 Å². The second-order valence-electron chi connectivity index (χ2n) is 8.89. The molecule has 0 radical (unpaired) electrons. The van der Waals surface area contributed by atoms with Gasteiger partial charge in [0.2, 0.25) is 0 Å². The molecule has 5 heteroatoms. The Bertz CT molecular complexity index is 1320. The molecule has 4 rings (SSSR count). The van der Waals surface area contributed by atoms with E-state index in [1.54, 1.807) is 0 Å². The van der Waals surface area contributed by atoms with Gasteiger partial charge in [0.1, 0.15) is 0 Å². The van der Waals surface area contributed by atoms with Gasteiger partial charge in [0.15, 0.2) is 0 Å². The molecule has 0 aliphatic rings. The number of hydrogen-bond donors (Lipinski definition) is 1. The third kappa shape index (κ3) is 5.81. The van der Waals surface area contributed by atoms with E-state index in [0.29, 0.717) is 31.2 Å². The number of fused-ring (bicyclic) bond motifs is 1. The molecule has 4 aromatic rings. The van der Waals surface area contributed by atoms with E-state index < -0.39 is 0 Å². The topological polar surface area (TPSA) is 52.5 Å². The fourth-order valence-corrected chi connectivity index (χ4v) is 4.14. The number of methoxy groups -OCH3 is 1. The highest BCUT2D eigenvalue weighted by molar-refractivity contribution is 6.00. The van der Waals surface area contributed by atoms with Crippen molar-refractivity contribution in [3.63, 3.8) is 0 Å². The molecule has 0 aliphatic heterocycles. The van der Waals surface area contributed by atoms with Gasteiger partial charge in [-0.3, -0.25) is 0 Å². The molecule has 0 saturated heterocycles. The first-order valence-corrected chi connectivity index (χ1v) is 11.9. The second-order valence-corrected chi connectivity index (χ2v) is 8.89. The van der Waals surface area contributed by atoms with Gasteiger partial charge in [-0.15, -0.1) is 0 Å². The molecule has 1 heterocycles. The number of ether oxygens (including phenoxy) is 2. The molecule has 5 nitrogen and oxygen atoms in total. The minimum Gasteiger partial charge on any atom is -0.465 e. The summed E-state index contributed by atoms with van der Waals surface area (Å²) in [5.41, 5.74) is 6.85. The van der Waals surface area contributed by atoms with E-state index in [0.717, 1.165) is 33.4 Å². The maximum absolute atomic E-state index is 12.1. The third-order valence-corrected chi connectivity index (χ3v) is 6.02. The molecule has 1 aromatic heterocycles. The predicted molar refractivity (Wildman–Crippen MR) is 143 cm³/mol. The Morgan fingerprint density at radius 1 is 1.03 bits per heavy atom. The first-order valence-electron chi connectivity index (χ1n) is 11.9. The van der Waals surface area contributed by atoms with Gasteiger partial charge in [0.05, 0.1) is 25.9 Å². The number of benzene rings is 3. The highest BCUT2D eigenvalue weighted by Crippen LogP contribution is 2.31. The summed E-state index contributed by atoms with van der Waals surface area (Å²) in [5, 5.41) is 4.42. The molecule has 0 aliphatic carbocycles. The lowest BCUT2D eigenvalue weighted by atomic mass is 10.0. The summed E-state index contributed by atoms with van der Waals surface area (Å²) in [4.78, 5) is 12.1. The average molecular weight is 469 g/mol. The van der Waals surface area contributed by atoms with Gasteiger partial charge in [0, 0.05) is 40.6 Å². The molecular weight excluding hydrogens is 436 g/mol. The Hall–Kier alpha value is -3.83. The molecule has 3 aromatic carbocycles. The van der Waals surface area contributed by atoms with Crippen LogP contribution >= 0.6 is 0 Å². The van der Waals surface area contributed by atoms with Crippen molar-refractivity contribution >= 4 is 22.6 Å². The zero-order valence-corrected chi connectivity index (χ0v) is 20.6. The van der Waals surface area contributed by atoms with Crippen molar-refractivity contribution in [2.45, 2.75) is 26.3 Å². The largest absolute Gasteiger partial charge is 0.465 e. The SMILES string of the molecule is C=C(COCCn1cc(-c2ccccc2)c2ccc(C(=O)OC)cc21)Nc1cccc(C(C)C)c1. The number of carbonyl (C=O) groups is 1. The molecule has 180 valence electrons. The number of nitrogens with one attached hydrogen (secondary N) is 1. The molecule has 0 unspecified atom stereocenters. The number of anilines is 1. The van der Waals surface area contributed by atoms with Crippen molar-refractivity contribution in [1.82, 2.24) is 4.57 Å². The lowest BCUT2D eigenvalue weighted by molar-refractivity contribution is 0.0601. The van der Waals surface area contributed by atoms with Crippen LogP contribution < -0.4 is 5.32 Å². The number of carbonyl (C=O) groups excluding carboxylic acids is 1. The Morgan fingerprint density at radius 2 is 1.83 bits per heavy atom. The standard InChI is InChI=1S/C30H32N2O3/c1-21(2)24-11-8-12-26(17-24)31-22(3)20-35-16-15-32-19-28(23-9-6-5-7-10-23)27-14-13-25(18-29(27)32)30(33)34-4/h5-14,17-19,21,31H,3,15-16,20H2,1-2,4H3. The van der Waals surface area contributed by atoms with E-state index >= 15 is 0 Å². The molecule has 0 spiro atoms. The van der Waals surface area contributed by atoms with Crippen molar-refractivity contribution in [1.29, 1.82) is 0 Å². The molecule has 0 saturated carbocycles. The van der Waals surface area contributed by atoms with Crippen LogP contribution in [-0.4, -0.2) is 30.9 Å². The minimum absolute atomic E-state index is 0.346. The number of nitrogens with zero attached hydrogens (tertiary/aromatic N) is 1. The fraction of sp³-hybridized carbons (Fsp3) is 0.233. The average Bonchev–Trinajstić information content (AvgIpc) is 3.24. The van der Waals surface area contributed by atoms with Gasteiger partial charge in [-0.2, -0.15) is 0 Å². The minimum atomic E-state index is -0.346. The van der Waals surface area contributed by atoms with Crippen molar-refractivity contribution < 1.29 is 14.3 Å². The molecule has 0 amide bonds. The van der Waals surface area contributed by atoms with Crippen molar-refractivity contribution in [2.75, 3.05) is 25.6 Å². The van der Waals surface area contributed by atoms with Gasteiger partial charge in [-0.05, 0) is 41.3 Å². The highest BCUT2D eigenvalue weighted by Gasteiger charge is 2.14. The lowest BCUT2D eigenvalue weighted by Gasteiger charge is -2.13. The van der Waals surface area contributed by atoms with E-state index in [2.05, 4.69) is 66.8 Å². The lowest BCUT2D eigenvalue weighted by Crippen LogP contribution is -2.11. The first kappa shape index (κ1) is 24.3. The Morgan fingerprint density at radius 3 is 2.57 bits per heavy atom. The Labute approximate surface area is 207 Å². The van der Waals surface area contributed by atoms with Crippen LogP contribution in [-0.2, 0) is 16.0 Å². The molecule has 35 heavy (non-hydrogen) atoms. The maximum Gasteiger partial charge on any atom is 0.337 e. The summed E-state index contributed by atoms with van der Waals surface area (Å²) in [7, 11) is 1.40. The molecule has 0 atom stereocenters. The molecule has 0 fully saturated rings. The number of rotatable bonds is 10. The predicted octanol–water partition coefficient (Wildman–Crippen LogP) is 6.86. The third-order valence-electron chi connectivity index (χ3n) is 6.02. The number of esters is 1. The summed E-state index contributed by atoms with van der Waals surface area (Å²) in [6.07, 6.45) is 2.12. The van der Waals surface area contributed by atoms with Crippen molar-refractivity contribution in [2.24, 2.45) is 0 Å². The fourth-order valence-electron chi connectivity index (χ4n) is 4.14. The summed E-state index contributed by atoms with van der Waals surface area (Å²) in [6, 6.07) is 24.3. The number of hydrogen-bond acceptors (Lipinski definition) is 4. The van der Waals surface area contributed by atoms with Gasteiger partial charge >= 0.3 is 5.97 Å². The van der Waals surface area contributed by atoms with Crippen LogP contribution in [0.4, 0.5) is 5.69 Å². The van der Waals surface area contributed by atoms with Crippen LogP contribution in [0.5, 0.6) is 0 Å². The van der Waals surface area contributed by atoms with E-state index in [4.69, 9.17) is 9.47 Å². The Kier molecular flexibility index (Phi) is 7.68. The van der Waals surface area contributed by atoms with Crippen molar-refractivity contribution in [3.05, 3.63) is 102 Å². The Balaban J connectivity index is 1.45. The monoisotopic (exact) mass is 468 g/mol. The van der Waals surface area contributed by atoms with E-state index in [-0.39, 0.29) is 5.97 Å². The summed E-state index contributed by atoms with van der Waals surface area (Å²) in [5.74, 6) is 0.124. The highest BCUT2D eigenvalue weighted by atomic mass is 16.5. The van der Waals surface area contributed by atoms with Crippen LogP contribution in [0.15, 0.2) is 91.3 Å². The van der Waals surface area contributed by atoms with Crippen LogP contribution in [0.2, 0.25) is 0 Å². The van der Waals surface area contributed by atoms with Gasteiger partial charge in [-0.25, -0.2) is 4.79 Å². The zero-order chi connectivity index (χ0) is 24.8. The quantitative estimate of drug-likeness (QED) is 0.204. The number of aromatic nitrogens is 1. The van der Waals surface area contributed by atoms with Gasteiger partial charge < -0.3 is 19.4 Å². The van der Waals surface area contributed by atoms with Crippen molar-refractivity contribution in [3.8, 4) is 11.1 Å². The summed E-state index contributed by atoms with van der Waals surface area (Å²) in [6.45, 7) is 10.0. The van der Waals surface area contributed by atoms with E-state index in [9.17, 15) is 4.79 Å². The summed E-state index contributed by atoms with van der Waals surface area (Å²) >= 11 is 0. The van der Waals surface area contributed by atoms with Gasteiger partial charge in [0.25, 0.3) is 0 Å². The first-order chi connectivity index (χ1) is 17.0. The normalized spacial score (nSPS) is 11.1. The van der Waals surface area contributed by atoms with E-state index in [1.165, 1.54) is 12.7 Å². The zero-order valence-electron chi connectivity index (χ0n) is 20.6. The van der Waals surface area contributed by atoms with Crippen LogP contribution in [0.1, 0.15) is 35.7 Å². The molecule has 1 N–H and O–H groups in total. The smallest absolute Gasteiger partial charge is 0.337 e. The van der Waals surface area contributed by atoms with E-state index in [1.807, 2.05) is 42.5 Å². The molecular formula is C30H32N2O3. The second kappa shape index (κ2) is 11.1.